The van der Waals surface area contributed by atoms with Gasteiger partial charge in [-0.2, -0.15) is 4.31 Å². The van der Waals surface area contributed by atoms with Crippen LogP contribution in [0.3, 0.4) is 0 Å². The van der Waals surface area contributed by atoms with Gasteiger partial charge in [-0.1, -0.05) is 0 Å². The number of fused-ring (bicyclic) bond motifs is 1. The van der Waals surface area contributed by atoms with Gasteiger partial charge in [0.15, 0.2) is 5.03 Å². The van der Waals surface area contributed by atoms with E-state index in [1.165, 1.54) is 27.4 Å². The lowest BCUT2D eigenvalue weighted by atomic mass is 9.74. The van der Waals surface area contributed by atoms with E-state index in [4.69, 9.17) is 4.74 Å². The highest BCUT2D eigenvalue weighted by molar-refractivity contribution is 7.89. The molecular formula is C14H24N4O5S2. The summed E-state index contributed by atoms with van der Waals surface area (Å²) in [6, 6.07) is 0. The number of methoxy groups -OCH3 is 1. The van der Waals surface area contributed by atoms with Gasteiger partial charge in [0.2, 0.25) is 10.0 Å². The van der Waals surface area contributed by atoms with Crippen LogP contribution in [0.25, 0.3) is 0 Å². The van der Waals surface area contributed by atoms with Gasteiger partial charge in [0.25, 0.3) is 10.0 Å². The van der Waals surface area contributed by atoms with Crippen molar-refractivity contribution in [2.24, 2.45) is 18.4 Å². The molecule has 2 fully saturated rings. The van der Waals surface area contributed by atoms with Crippen LogP contribution in [0.2, 0.25) is 0 Å². The van der Waals surface area contributed by atoms with Crippen LogP contribution in [0.15, 0.2) is 17.6 Å². The maximum absolute atomic E-state index is 12.8. The van der Waals surface area contributed by atoms with E-state index in [2.05, 4.69) is 4.98 Å². The molecule has 0 saturated carbocycles. The van der Waals surface area contributed by atoms with Gasteiger partial charge in [-0.05, 0) is 12.3 Å². The molecule has 2 aliphatic heterocycles. The summed E-state index contributed by atoms with van der Waals surface area (Å²) >= 11 is 0. The molecule has 0 radical (unpaired) electrons. The zero-order valence-corrected chi connectivity index (χ0v) is 16.3. The average Bonchev–Trinajstić information content (AvgIpc) is 3.10. The fourth-order valence-electron chi connectivity index (χ4n) is 3.85. The van der Waals surface area contributed by atoms with E-state index in [0.29, 0.717) is 32.7 Å². The van der Waals surface area contributed by atoms with Crippen LogP contribution in [0, 0.1) is 11.3 Å². The number of hydrogen-bond acceptors (Lipinski definition) is 6. The molecule has 0 N–H and O–H groups in total. The number of aromatic nitrogens is 2. The van der Waals surface area contributed by atoms with Crippen molar-refractivity contribution in [2.75, 3.05) is 46.2 Å². The van der Waals surface area contributed by atoms with Crippen molar-refractivity contribution < 1.29 is 21.6 Å². The average molecular weight is 393 g/mol. The van der Waals surface area contributed by atoms with E-state index in [-0.39, 0.29) is 22.9 Å². The lowest BCUT2D eigenvalue weighted by molar-refractivity contribution is 0.0208. The second-order valence-electron chi connectivity index (χ2n) is 7.04. The van der Waals surface area contributed by atoms with E-state index in [0.717, 1.165) is 0 Å². The molecule has 142 valence electrons. The van der Waals surface area contributed by atoms with Crippen molar-refractivity contribution in [3.63, 3.8) is 0 Å². The Morgan fingerprint density at radius 2 is 1.96 bits per heavy atom. The third-order valence-corrected chi connectivity index (χ3v) is 8.22. The van der Waals surface area contributed by atoms with Crippen LogP contribution < -0.4 is 0 Å². The van der Waals surface area contributed by atoms with Crippen LogP contribution in [0.1, 0.15) is 6.42 Å². The number of aryl methyl sites for hydroxylation is 1. The fraction of sp³-hybridized carbons (Fsp3) is 0.786. The first-order valence-electron chi connectivity index (χ1n) is 8.01. The van der Waals surface area contributed by atoms with E-state index >= 15 is 0 Å². The van der Waals surface area contributed by atoms with Gasteiger partial charge < -0.3 is 9.30 Å². The maximum atomic E-state index is 12.8. The molecule has 3 rings (SSSR count). The van der Waals surface area contributed by atoms with Gasteiger partial charge in [0.1, 0.15) is 0 Å². The van der Waals surface area contributed by atoms with Gasteiger partial charge in [-0.3, -0.25) is 0 Å². The normalized spacial score (nSPS) is 29.0. The van der Waals surface area contributed by atoms with Crippen LogP contribution in [0.5, 0.6) is 0 Å². The summed E-state index contributed by atoms with van der Waals surface area (Å²) in [5.74, 6) is -0.102. The lowest BCUT2D eigenvalue weighted by Gasteiger charge is -2.42. The quantitative estimate of drug-likeness (QED) is 0.659. The molecule has 0 aliphatic carbocycles. The molecule has 9 nitrogen and oxygen atoms in total. The van der Waals surface area contributed by atoms with Gasteiger partial charge in [-0.25, -0.2) is 26.1 Å². The molecule has 0 aromatic carbocycles. The predicted octanol–water partition coefficient (Wildman–Crippen LogP) is -0.661. The Bertz CT molecular complexity index is 850. The second kappa shape index (κ2) is 6.31. The van der Waals surface area contributed by atoms with Crippen molar-refractivity contribution >= 4 is 20.0 Å². The number of nitrogens with zero attached hydrogens (tertiary/aromatic N) is 4. The van der Waals surface area contributed by atoms with E-state index in [9.17, 15) is 16.8 Å². The Morgan fingerprint density at radius 1 is 1.28 bits per heavy atom. The third kappa shape index (κ3) is 3.35. The molecule has 3 heterocycles. The molecule has 11 heteroatoms. The molecule has 2 atom stereocenters. The van der Waals surface area contributed by atoms with Gasteiger partial charge in [-0.15, -0.1) is 0 Å². The van der Waals surface area contributed by atoms with Crippen LogP contribution in [-0.4, -0.2) is 81.1 Å². The Labute approximate surface area is 148 Å². The summed E-state index contributed by atoms with van der Waals surface area (Å²) in [6.07, 6.45) is 4.67. The van der Waals surface area contributed by atoms with E-state index in [1.54, 1.807) is 18.7 Å². The topological polar surface area (TPSA) is 102 Å². The van der Waals surface area contributed by atoms with Crippen molar-refractivity contribution in [3.8, 4) is 0 Å². The summed E-state index contributed by atoms with van der Waals surface area (Å²) in [5.41, 5.74) is -0.339. The highest BCUT2D eigenvalue weighted by Crippen LogP contribution is 2.44. The van der Waals surface area contributed by atoms with Crippen molar-refractivity contribution in [1.82, 2.24) is 18.2 Å². The predicted molar refractivity (Wildman–Crippen MR) is 90.8 cm³/mol. The minimum atomic E-state index is -3.68. The first kappa shape index (κ1) is 18.8. The molecule has 0 amide bonds. The SMILES string of the molecule is COC[C@@]12CCN(S(=O)(=O)c3cn(C)cn3)C[C@@H]1CN(S(C)(=O)=O)C2. The van der Waals surface area contributed by atoms with E-state index < -0.39 is 20.0 Å². The minimum absolute atomic E-state index is 0.0206. The smallest absolute Gasteiger partial charge is 0.262 e. The molecule has 0 bridgehead atoms. The molecule has 1 aromatic heterocycles. The zero-order valence-electron chi connectivity index (χ0n) is 14.6. The minimum Gasteiger partial charge on any atom is -0.384 e. The summed E-state index contributed by atoms with van der Waals surface area (Å²) in [4.78, 5) is 3.96. The Morgan fingerprint density at radius 3 is 2.52 bits per heavy atom. The summed E-state index contributed by atoms with van der Waals surface area (Å²) in [6.45, 7) is 1.71. The number of imidazole rings is 1. The maximum Gasteiger partial charge on any atom is 0.262 e. The molecule has 1 aromatic rings. The summed E-state index contributed by atoms with van der Waals surface area (Å²) in [5, 5.41) is 0.0206. The molecule has 2 aliphatic rings. The number of piperidine rings is 1. The highest BCUT2D eigenvalue weighted by Gasteiger charge is 2.53. The largest absolute Gasteiger partial charge is 0.384 e. The zero-order chi connectivity index (χ0) is 18.5. The van der Waals surface area contributed by atoms with E-state index in [1.807, 2.05) is 0 Å². The van der Waals surface area contributed by atoms with Crippen LogP contribution in [0.4, 0.5) is 0 Å². The third-order valence-electron chi connectivity index (χ3n) is 5.25. The fourth-order valence-corrected chi connectivity index (χ4v) is 6.25. The first-order valence-corrected chi connectivity index (χ1v) is 11.3. The highest BCUT2D eigenvalue weighted by atomic mass is 32.2. The monoisotopic (exact) mass is 392 g/mol. The molecule has 0 spiro atoms. The molecule has 2 saturated heterocycles. The van der Waals surface area contributed by atoms with Gasteiger partial charge in [0.05, 0.1) is 19.2 Å². The van der Waals surface area contributed by atoms with Crippen molar-refractivity contribution in [3.05, 3.63) is 12.5 Å². The Balaban J connectivity index is 1.86. The van der Waals surface area contributed by atoms with Gasteiger partial charge in [0, 0.05) is 51.9 Å². The van der Waals surface area contributed by atoms with Crippen LogP contribution >= 0.6 is 0 Å². The van der Waals surface area contributed by atoms with Crippen molar-refractivity contribution in [1.29, 1.82) is 0 Å². The molecule has 0 unspecified atom stereocenters. The Hall–Kier alpha value is -1.01. The van der Waals surface area contributed by atoms with Crippen LogP contribution in [-0.2, 0) is 31.8 Å². The molecular weight excluding hydrogens is 368 g/mol. The summed E-state index contributed by atoms with van der Waals surface area (Å²) < 4.78 is 59.4. The number of ether oxygens (including phenoxy) is 1. The van der Waals surface area contributed by atoms with Gasteiger partial charge >= 0.3 is 0 Å². The summed E-state index contributed by atoms with van der Waals surface area (Å²) in [7, 11) is -3.70. The number of rotatable bonds is 5. The number of sulfonamides is 2. The lowest BCUT2D eigenvalue weighted by Crippen LogP contribution is -2.50. The number of hydrogen-bond donors (Lipinski definition) is 0. The second-order valence-corrected chi connectivity index (χ2v) is 10.9. The Kier molecular flexibility index (Phi) is 4.73. The first-order chi connectivity index (χ1) is 11.6. The standard InChI is InChI=1S/C14H24N4O5S2/c1-16-8-13(15-11-16)25(21,22)17-5-4-14(10-23-2)9-18(24(3,19)20)7-12(14)6-17/h8,11-12H,4-7,9-10H2,1-3H3/t12-,14+/m1/s1. The molecule has 25 heavy (non-hydrogen) atoms. The van der Waals surface area contributed by atoms with Crippen molar-refractivity contribution in [2.45, 2.75) is 11.4 Å².